The van der Waals surface area contributed by atoms with Gasteiger partial charge in [-0.25, -0.2) is 0 Å². The number of hydrogen-bond acceptors (Lipinski definition) is 5. The van der Waals surface area contributed by atoms with Crippen LogP contribution in [0.25, 0.3) is 0 Å². The van der Waals surface area contributed by atoms with Crippen molar-refractivity contribution in [2.45, 2.75) is 18.9 Å². The Labute approximate surface area is 164 Å². The highest BCUT2D eigenvalue weighted by Gasteiger charge is 2.07. The lowest BCUT2D eigenvalue weighted by molar-refractivity contribution is -0.115. The number of aliphatic hydroxyl groups excluding tert-OH is 1. The van der Waals surface area contributed by atoms with Gasteiger partial charge in [-0.05, 0) is 36.2 Å². The molecule has 0 aliphatic carbocycles. The molecule has 0 aliphatic rings. The van der Waals surface area contributed by atoms with E-state index in [1.165, 1.54) is 0 Å². The van der Waals surface area contributed by atoms with E-state index >= 15 is 0 Å². The maximum atomic E-state index is 12.0. The quantitative estimate of drug-likeness (QED) is 0.500. The number of carbonyl (C=O) groups is 1. The highest BCUT2D eigenvalue weighted by atomic mass is 16.3. The van der Waals surface area contributed by atoms with Crippen LogP contribution in [0.1, 0.15) is 22.9 Å². The lowest BCUT2D eigenvalue weighted by Gasteiger charge is -2.12. The Kier molecular flexibility index (Phi) is 7.23. The molecule has 28 heavy (non-hydrogen) atoms. The van der Waals surface area contributed by atoms with E-state index in [2.05, 4.69) is 20.6 Å². The van der Waals surface area contributed by atoms with Gasteiger partial charge in [0.05, 0.1) is 18.2 Å². The van der Waals surface area contributed by atoms with E-state index in [-0.39, 0.29) is 12.3 Å². The van der Waals surface area contributed by atoms with Crippen molar-refractivity contribution in [2.75, 3.05) is 18.4 Å². The monoisotopic (exact) mass is 376 g/mol. The first-order chi connectivity index (χ1) is 13.7. The molecule has 1 amide bonds. The molecule has 0 spiro atoms. The van der Waals surface area contributed by atoms with Crippen LogP contribution in [0.2, 0.25) is 0 Å². The van der Waals surface area contributed by atoms with Gasteiger partial charge in [-0.2, -0.15) is 0 Å². The standard InChI is InChI=1S/C22H24N4O2/c27-21(18-4-2-1-3-5-18)16-23-11-10-17-6-8-19(9-7-17)26-22(28)14-20-15-24-12-13-25-20/h1-9,12-13,15,21,23,27H,10-11,14,16H2,(H,26,28). The molecule has 1 heterocycles. The molecule has 2 aromatic carbocycles. The summed E-state index contributed by atoms with van der Waals surface area (Å²) in [7, 11) is 0. The van der Waals surface area contributed by atoms with Gasteiger partial charge >= 0.3 is 0 Å². The zero-order valence-electron chi connectivity index (χ0n) is 15.6. The van der Waals surface area contributed by atoms with Crippen LogP contribution >= 0.6 is 0 Å². The van der Waals surface area contributed by atoms with Crippen LogP contribution in [0.5, 0.6) is 0 Å². The fraction of sp³-hybridized carbons (Fsp3) is 0.227. The van der Waals surface area contributed by atoms with Gasteiger partial charge < -0.3 is 15.7 Å². The Balaban J connectivity index is 1.39. The number of nitrogens with one attached hydrogen (secondary N) is 2. The number of hydrogen-bond donors (Lipinski definition) is 3. The average Bonchev–Trinajstić information content (AvgIpc) is 2.73. The van der Waals surface area contributed by atoms with Crippen LogP contribution in [0.15, 0.2) is 73.2 Å². The summed E-state index contributed by atoms with van der Waals surface area (Å²) in [5.74, 6) is -0.121. The molecule has 6 nitrogen and oxygen atoms in total. The normalized spacial score (nSPS) is 11.8. The third-order valence-corrected chi connectivity index (χ3v) is 4.31. The lowest BCUT2D eigenvalue weighted by Crippen LogP contribution is -2.23. The van der Waals surface area contributed by atoms with Gasteiger partial charge in [0.2, 0.25) is 5.91 Å². The van der Waals surface area contributed by atoms with E-state index in [0.29, 0.717) is 12.2 Å². The molecule has 1 atom stereocenters. The summed E-state index contributed by atoms with van der Waals surface area (Å²) in [5, 5.41) is 16.3. The van der Waals surface area contributed by atoms with Gasteiger partial charge in [0, 0.05) is 30.8 Å². The second-order valence-corrected chi connectivity index (χ2v) is 6.50. The summed E-state index contributed by atoms with van der Waals surface area (Å²) in [6, 6.07) is 17.4. The fourth-order valence-electron chi connectivity index (χ4n) is 2.81. The first-order valence-electron chi connectivity index (χ1n) is 9.28. The Morgan fingerprint density at radius 1 is 1.04 bits per heavy atom. The number of anilines is 1. The molecule has 0 fully saturated rings. The molecule has 3 aromatic rings. The molecule has 1 unspecified atom stereocenters. The fourth-order valence-corrected chi connectivity index (χ4v) is 2.81. The zero-order valence-corrected chi connectivity index (χ0v) is 15.6. The Bertz CT molecular complexity index is 855. The molecule has 3 N–H and O–H groups in total. The SMILES string of the molecule is O=C(Cc1cnccn1)Nc1ccc(CCNCC(O)c2ccccc2)cc1. The van der Waals surface area contributed by atoms with Crippen molar-refractivity contribution < 1.29 is 9.90 Å². The number of rotatable bonds is 9. The summed E-state index contributed by atoms with van der Waals surface area (Å²) in [4.78, 5) is 20.1. The summed E-state index contributed by atoms with van der Waals surface area (Å²) in [5.41, 5.74) is 3.47. The number of amides is 1. The number of nitrogens with zero attached hydrogens (tertiary/aromatic N) is 2. The van der Waals surface area contributed by atoms with Gasteiger partial charge in [-0.3, -0.25) is 14.8 Å². The van der Waals surface area contributed by atoms with Crippen molar-refractivity contribution in [1.29, 1.82) is 0 Å². The summed E-state index contributed by atoms with van der Waals surface area (Å²) in [6.45, 7) is 1.28. The summed E-state index contributed by atoms with van der Waals surface area (Å²) in [6.07, 6.45) is 5.28. The highest BCUT2D eigenvalue weighted by Crippen LogP contribution is 2.12. The average molecular weight is 376 g/mol. The first kappa shape index (κ1) is 19.7. The van der Waals surface area contributed by atoms with Crippen LogP contribution in [-0.2, 0) is 17.6 Å². The number of benzene rings is 2. The van der Waals surface area contributed by atoms with E-state index in [4.69, 9.17) is 0 Å². The molecule has 6 heteroatoms. The van der Waals surface area contributed by atoms with Gasteiger partial charge in [0.25, 0.3) is 0 Å². The van der Waals surface area contributed by atoms with Crippen LogP contribution < -0.4 is 10.6 Å². The number of carbonyl (C=O) groups excluding carboxylic acids is 1. The first-order valence-corrected chi connectivity index (χ1v) is 9.28. The smallest absolute Gasteiger partial charge is 0.230 e. The van der Waals surface area contributed by atoms with Gasteiger partial charge in [-0.1, -0.05) is 42.5 Å². The van der Waals surface area contributed by atoms with Crippen molar-refractivity contribution in [3.63, 3.8) is 0 Å². The Hall–Kier alpha value is -3.09. The van der Waals surface area contributed by atoms with E-state index in [1.54, 1.807) is 18.6 Å². The van der Waals surface area contributed by atoms with Crippen molar-refractivity contribution in [2.24, 2.45) is 0 Å². The molecule has 144 valence electrons. The third-order valence-electron chi connectivity index (χ3n) is 4.31. The van der Waals surface area contributed by atoms with Crippen LogP contribution in [0.4, 0.5) is 5.69 Å². The third kappa shape index (κ3) is 6.26. The molecule has 1 aromatic heterocycles. The topological polar surface area (TPSA) is 87.1 Å². The Morgan fingerprint density at radius 3 is 2.54 bits per heavy atom. The molecule has 0 saturated carbocycles. The van der Waals surface area contributed by atoms with Crippen molar-refractivity contribution in [3.05, 3.63) is 90.0 Å². The van der Waals surface area contributed by atoms with Crippen LogP contribution in [-0.4, -0.2) is 34.1 Å². The molecule has 0 aliphatic heterocycles. The lowest BCUT2D eigenvalue weighted by atomic mass is 10.1. The summed E-state index contributed by atoms with van der Waals surface area (Å²) < 4.78 is 0. The minimum atomic E-state index is -0.506. The predicted molar refractivity (Wildman–Crippen MR) is 109 cm³/mol. The van der Waals surface area contributed by atoms with Crippen LogP contribution in [0.3, 0.4) is 0 Å². The maximum absolute atomic E-state index is 12.0. The number of aromatic nitrogens is 2. The van der Waals surface area contributed by atoms with Crippen molar-refractivity contribution in [1.82, 2.24) is 15.3 Å². The molecule has 0 bridgehead atoms. The predicted octanol–water partition coefficient (Wildman–Crippen LogP) is 2.52. The molecule has 0 radical (unpaired) electrons. The molecule has 0 saturated heterocycles. The second kappa shape index (κ2) is 10.3. The van der Waals surface area contributed by atoms with E-state index in [9.17, 15) is 9.90 Å². The number of aliphatic hydroxyl groups is 1. The second-order valence-electron chi connectivity index (χ2n) is 6.50. The van der Waals surface area contributed by atoms with Crippen LogP contribution in [0, 0.1) is 0 Å². The van der Waals surface area contributed by atoms with Crippen molar-refractivity contribution in [3.8, 4) is 0 Å². The van der Waals surface area contributed by atoms with E-state index in [0.717, 1.165) is 29.8 Å². The van der Waals surface area contributed by atoms with Crippen molar-refractivity contribution >= 4 is 11.6 Å². The minimum absolute atomic E-state index is 0.121. The van der Waals surface area contributed by atoms with Gasteiger partial charge in [0.15, 0.2) is 0 Å². The zero-order chi connectivity index (χ0) is 19.6. The largest absolute Gasteiger partial charge is 0.387 e. The Morgan fingerprint density at radius 2 is 1.82 bits per heavy atom. The molecular weight excluding hydrogens is 352 g/mol. The van der Waals surface area contributed by atoms with Gasteiger partial charge in [0.1, 0.15) is 0 Å². The molecule has 3 rings (SSSR count). The van der Waals surface area contributed by atoms with Gasteiger partial charge in [-0.15, -0.1) is 0 Å². The summed E-state index contributed by atoms with van der Waals surface area (Å²) >= 11 is 0. The van der Waals surface area contributed by atoms with E-state index in [1.807, 2.05) is 54.6 Å². The molecular formula is C22H24N4O2. The maximum Gasteiger partial charge on any atom is 0.230 e. The van der Waals surface area contributed by atoms with E-state index < -0.39 is 6.10 Å². The highest BCUT2D eigenvalue weighted by molar-refractivity contribution is 5.91. The minimum Gasteiger partial charge on any atom is -0.387 e.